The molecule has 1 heterocycles. The molecule has 46 heavy (non-hydrogen) atoms. The number of nitrogens with one attached hydrogen (secondary N) is 1. The van der Waals surface area contributed by atoms with Crippen LogP contribution in [0.15, 0.2) is 40.3 Å². The molecule has 0 saturated heterocycles. The van der Waals surface area contributed by atoms with E-state index in [4.69, 9.17) is 14.2 Å². The van der Waals surface area contributed by atoms with Crippen LogP contribution in [0.3, 0.4) is 0 Å². The molecule has 4 rings (SSSR count). The topological polar surface area (TPSA) is 128 Å². The lowest BCUT2D eigenvalue weighted by Gasteiger charge is -2.22. The number of alkyl carbamates (subject to hydrolysis) is 1. The van der Waals surface area contributed by atoms with Crippen molar-refractivity contribution in [2.45, 2.75) is 90.0 Å². The van der Waals surface area contributed by atoms with Crippen molar-refractivity contribution in [2.24, 2.45) is 33.7 Å². The van der Waals surface area contributed by atoms with Crippen molar-refractivity contribution in [1.29, 1.82) is 0 Å². The number of aliphatic imine (C=N–C) groups is 2. The minimum atomic E-state index is -1.29. The molecule has 1 aliphatic heterocycles. The number of carbonyl (C=O) groups excluding carboxylic acids is 2. The van der Waals surface area contributed by atoms with E-state index in [1.165, 1.54) is 7.11 Å². The molecule has 13 heteroatoms. The third kappa shape index (κ3) is 13.3. The molecule has 2 fully saturated rings. The van der Waals surface area contributed by atoms with E-state index in [-0.39, 0.29) is 37.8 Å². The maximum atomic E-state index is 13.4. The number of rotatable bonds is 8. The number of benzene rings is 1. The average molecular weight is 766 g/mol. The SMILES string of the molecule is COC(=O)[C@@H](C[C@@H]1C[C@@H](O)[C@H](F)C1)NC(=O)OCc1ccccc1.COC1=N[C@H](C(C)C)C(OC)=NC1.C[C@@H]1C[C@@H](CI)C[C@H]1F. The van der Waals surface area contributed by atoms with Gasteiger partial charge in [-0.2, -0.15) is 0 Å². The molecule has 8 atom stereocenters. The molecule has 1 aromatic rings. The molecule has 0 aromatic heterocycles. The van der Waals surface area contributed by atoms with Crippen LogP contribution in [0.5, 0.6) is 0 Å². The highest BCUT2D eigenvalue weighted by molar-refractivity contribution is 14.1. The first kappa shape index (κ1) is 39.6. The third-order valence-electron chi connectivity index (χ3n) is 8.19. The van der Waals surface area contributed by atoms with Crippen molar-refractivity contribution in [3.63, 3.8) is 0 Å². The van der Waals surface area contributed by atoms with Crippen molar-refractivity contribution in [3.8, 4) is 0 Å². The highest BCUT2D eigenvalue weighted by Gasteiger charge is 2.36. The molecule has 1 aromatic carbocycles. The normalized spacial score (nSPS) is 27.5. The van der Waals surface area contributed by atoms with Gasteiger partial charge in [-0.15, -0.1) is 0 Å². The molecule has 0 spiro atoms. The molecule has 0 unspecified atom stereocenters. The first-order valence-electron chi connectivity index (χ1n) is 15.7. The van der Waals surface area contributed by atoms with Crippen LogP contribution in [-0.4, -0.2) is 91.8 Å². The second-order valence-corrected chi connectivity index (χ2v) is 13.1. The largest absolute Gasteiger partial charge is 0.483 e. The molecular formula is C33H50F2IN3O7. The van der Waals surface area contributed by atoms with Gasteiger partial charge in [0.05, 0.1) is 27.4 Å². The quantitative estimate of drug-likeness (QED) is 0.193. The number of halogens is 3. The Morgan fingerprint density at radius 1 is 1.02 bits per heavy atom. The van der Waals surface area contributed by atoms with Gasteiger partial charge in [-0.25, -0.2) is 28.4 Å². The maximum Gasteiger partial charge on any atom is 0.408 e. The lowest BCUT2D eigenvalue weighted by atomic mass is 9.98. The number of amides is 1. The Balaban J connectivity index is 0.000000278. The van der Waals surface area contributed by atoms with Gasteiger partial charge in [-0.1, -0.05) is 73.7 Å². The fourth-order valence-corrected chi connectivity index (χ4v) is 6.24. The van der Waals surface area contributed by atoms with Crippen LogP contribution in [0.1, 0.15) is 58.4 Å². The number of hydrogen-bond donors (Lipinski definition) is 2. The summed E-state index contributed by atoms with van der Waals surface area (Å²) in [7, 11) is 4.46. The zero-order valence-corrected chi connectivity index (χ0v) is 29.8. The zero-order chi connectivity index (χ0) is 34.2. The monoisotopic (exact) mass is 765 g/mol. The molecule has 3 aliphatic rings. The number of methoxy groups -OCH3 is 3. The van der Waals surface area contributed by atoms with Gasteiger partial charge in [-0.3, -0.25) is 0 Å². The molecule has 2 saturated carbocycles. The van der Waals surface area contributed by atoms with E-state index in [9.17, 15) is 23.5 Å². The zero-order valence-electron chi connectivity index (χ0n) is 27.7. The number of alkyl halides is 3. The number of carbonyl (C=O) groups is 2. The van der Waals surface area contributed by atoms with E-state index in [1.807, 2.05) is 37.3 Å². The summed E-state index contributed by atoms with van der Waals surface area (Å²) in [5.41, 5.74) is 0.821. The Bertz CT molecular complexity index is 1110. The van der Waals surface area contributed by atoms with Gasteiger partial charge in [0, 0.05) is 4.43 Å². The molecule has 0 radical (unpaired) electrons. The predicted molar refractivity (Wildman–Crippen MR) is 182 cm³/mol. The van der Waals surface area contributed by atoms with Crippen LogP contribution < -0.4 is 5.32 Å². The lowest BCUT2D eigenvalue weighted by Crippen LogP contribution is -2.42. The Morgan fingerprint density at radius 3 is 2.17 bits per heavy atom. The van der Waals surface area contributed by atoms with Crippen LogP contribution in [0.2, 0.25) is 0 Å². The third-order valence-corrected chi connectivity index (χ3v) is 9.44. The van der Waals surface area contributed by atoms with Crippen LogP contribution in [0.4, 0.5) is 13.6 Å². The molecular weight excluding hydrogens is 715 g/mol. The number of aliphatic hydroxyl groups is 1. The van der Waals surface area contributed by atoms with Gasteiger partial charge < -0.3 is 29.4 Å². The summed E-state index contributed by atoms with van der Waals surface area (Å²) in [5, 5.41) is 11.9. The van der Waals surface area contributed by atoms with Gasteiger partial charge in [0.25, 0.3) is 0 Å². The molecule has 1 amide bonds. The molecule has 260 valence electrons. The van der Waals surface area contributed by atoms with Crippen molar-refractivity contribution in [3.05, 3.63) is 35.9 Å². The highest BCUT2D eigenvalue weighted by Crippen LogP contribution is 2.34. The van der Waals surface area contributed by atoms with Crippen LogP contribution in [0.25, 0.3) is 0 Å². The number of ether oxygens (including phenoxy) is 4. The second-order valence-electron chi connectivity index (χ2n) is 12.2. The van der Waals surface area contributed by atoms with Crippen molar-refractivity contribution in [1.82, 2.24) is 5.32 Å². The molecule has 0 bridgehead atoms. The molecule has 2 aliphatic carbocycles. The summed E-state index contributed by atoms with van der Waals surface area (Å²) in [5.74, 6) is 1.93. The van der Waals surface area contributed by atoms with Crippen molar-refractivity contribution < 1.29 is 42.4 Å². The summed E-state index contributed by atoms with van der Waals surface area (Å²) in [6, 6.07) is 8.21. The lowest BCUT2D eigenvalue weighted by molar-refractivity contribution is -0.143. The van der Waals surface area contributed by atoms with Crippen LogP contribution in [0, 0.1) is 23.7 Å². The Labute approximate surface area is 285 Å². The van der Waals surface area contributed by atoms with Gasteiger partial charge in [0.1, 0.15) is 37.6 Å². The van der Waals surface area contributed by atoms with E-state index in [0.717, 1.165) is 22.8 Å². The van der Waals surface area contributed by atoms with Gasteiger partial charge in [0.2, 0.25) is 11.8 Å². The van der Waals surface area contributed by atoms with Crippen LogP contribution >= 0.6 is 22.6 Å². The van der Waals surface area contributed by atoms with E-state index in [1.54, 1.807) is 14.2 Å². The summed E-state index contributed by atoms with van der Waals surface area (Å²) in [6.45, 7) is 6.75. The van der Waals surface area contributed by atoms with Crippen molar-refractivity contribution in [2.75, 3.05) is 32.3 Å². The average Bonchev–Trinajstić information content (AvgIpc) is 3.57. The Hall–Kier alpha value is -2.55. The first-order chi connectivity index (χ1) is 21.9. The minimum Gasteiger partial charge on any atom is -0.483 e. The fraction of sp³-hybridized carbons (Fsp3) is 0.697. The second kappa shape index (κ2) is 20.6. The highest BCUT2D eigenvalue weighted by atomic mass is 127. The number of nitrogens with zero attached hydrogens (tertiary/aromatic N) is 2. The summed E-state index contributed by atoms with van der Waals surface area (Å²) in [4.78, 5) is 32.3. The predicted octanol–water partition coefficient (Wildman–Crippen LogP) is 5.87. The standard InChI is InChI=1S/C17H22FNO5.C9H16N2O2.C7H12FI/c1-23-16(21)14(8-12-7-13(18)15(20)9-12)19-17(22)24-10-11-5-3-2-4-6-11;1-6(2)8-9(13-4)10-5-7(11-8)12-3;1-5-2-6(4-9)3-7(5)8/h2-6,12-15,20H,7-10H2,1H3,(H,19,22);6,8H,5H2,1-4H3;5-7H,2-4H2,1H3/t12-,13-,14-,15-;8-;5-,6-,7-/m111/s1. The molecule has 2 N–H and O–H groups in total. The van der Waals surface area contributed by atoms with Gasteiger partial charge in [-0.05, 0) is 61.3 Å². The summed E-state index contributed by atoms with van der Waals surface area (Å²) in [6.07, 6.45) is -1.03. The summed E-state index contributed by atoms with van der Waals surface area (Å²) < 4.78 is 47.2. The van der Waals surface area contributed by atoms with Crippen molar-refractivity contribution >= 4 is 46.4 Å². The van der Waals surface area contributed by atoms with Gasteiger partial charge in [0.15, 0.2) is 0 Å². The Kier molecular flexibility index (Phi) is 17.8. The number of aliphatic hydroxyl groups excluding tert-OH is 1. The van der Waals surface area contributed by atoms with E-state index >= 15 is 0 Å². The minimum absolute atomic E-state index is 0.00806. The van der Waals surface area contributed by atoms with Gasteiger partial charge >= 0.3 is 12.1 Å². The smallest absolute Gasteiger partial charge is 0.408 e. The fourth-order valence-electron chi connectivity index (χ4n) is 5.52. The number of hydrogen-bond acceptors (Lipinski definition) is 9. The van der Waals surface area contributed by atoms with Crippen LogP contribution in [-0.2, 0) is 30.3 Å². The van der Waals surface area contributed by atoms with E-state index in [2.05, 4.69) is 56.5 Å². The first-order valence-corrected chi connectivity index (χ1v) is 17.2. The number of esters is 1. The molecule has 10 nitrogen and oxygen atoms in total. The summed E-state index contributed by atoms with van der Waals surface area (Å²) >= 11 is 2.34. The van der Waals surface area contributed by atoms with E-state index in [0.29, 0.717) is 36.1 Å². The van der Waals surface area contributed by atoms with E-state index < -0.39 is 36.6 Å². The maximum absolute atomic E-state index is 13.4. The Morgan fingerprint density at radius 2 is 1.70 bits per heavy atom.